The smallest absolute Gasteiger partial charge is 0.303 e. The van der Waals surface area contributed by atoms with E-state index in [0.717, 1.165) is 92.2 Å². The number of rotatable bonds is 18. The fourth-order valence-corrected chi connectivity index (χ4v) is 9.14. The van der Waals surface area contributed by atoms with Crippen LogP contribution in [0.25, 0.3) is 11.1 Å². The maximum atomic E-state index is 12.5. The molecule has 3 aromatic carbocycles. The molecule has 2 aliphatic carbocycles. The number of unbranched alkanes of at least 4 members (excludes halogenated alkanes) is 6. The Kier molecular flexibility index (Phi) is 12.6. The minimum Gasteiger partial charge on any atom is -0.488 e. The van der Waals surface area contributed by atoms with Gasteiger partial charge in [-0.2, -0.15) is 13.1 Å². The highest BCUT2D eigenvalue weighted by molar-refractivity contribution is 7.87. The highest BCUT2D eigenvalue weighted by Crippen LogP contribution is 2.66. The summed E-state index contributed by atoms with van der Waals surface area (Å²) in [6, 6.07) is 26.9. The molecule has 0 aliphatic heterocycles. The molecular weight excluding hydrogens is 657 g/mol. The van der Waals surface area contributed by atoms with Crippen molar-refractivity contribution in [2.45, 2.75) is 116 Å². The van der Waals surface area contributed by atoms with Crippen molar-refractivity contribution in [2.24, 2.45) is 16.5 Å². The first-order chi connectivity index (χ1) is 24.3. The average Bonchev–Trinajstić information content (AvgIpc) is 3.60. The first kappa shape index (κ1) is 38.5. The first-order valence-corrected chi connectivity index (χ1v) is 20.1. The van der Waals surface area contributed by atoms with Crippen molar-refractivity contribution < 1.29 is 23.1 Å². The lowest BCUT2D eigenvalue weighted by atomic mass is 9.66. The van der Waals surface area contributed by atoms with Crippen molar-refractivity contribution in [3.63, 3.8) is 0 Å². The van der Waals surface area contributed by atoms with Crippen LogP contribution in [0, 0.1) is 11.3 Å². The van der Waals surface area contributed by atoms with Gasteiger partial charge in [0.05, 0.1) is 0 Å². The summed E-state index contributed by atoms with van der Waals surface area (Å²) in [5, 5.41) is 14.5. The third-order valence-electron chi connectivity index (χ3n) is 10.9. The summed E-state index contributed by atoms with van der Waals surface area (Å²) in [5.41, 5.74) is 7.64. The number of fused-ring (bicyclic) bond motifs is 1. The Morgan fingerprint density at radius 1 is 0.922 bits per heavy atom. The monoisotopic (exact) mass is 712 g/mol. The lowest BCUT2D eigenvalue weighted by molar-refractivity contribution is -0.137. The SMILES string of the molecule is C=C(c1ccccc1OCc1ccc(C(C)(C)C)cc1)C12CCC(NS(N)(=O)=O)C1CC(CCCCCCCCCC(=O)O)=C2c1ccccc1. The van der Waals surface area contributed by atoms with Gasteiger partial charge < -0.3 is 9.84 Å². The van der Waals surface area contributed by atoms with Crippen LogP contribution in [0.2, 0.25) is 0 Å². The van der Waals surface area contributed by atoms with Gasteiger partial charge in [-0.05, 0) is 83.8 Å². The van der Waals surface area contributed by atoms with E-state index in [4.69, 9.17) is 21.6 Å². The molecule has 0 bridgehead atoms. The van der Waals surface area contributed by atoms with Gasteiger partial charge >= 0.3 is 5.97 Å². The van der Waals surface area contributed by atoms with Crippen LogP contribution in [0.1, 0.15) is 120 Å². The standard InChI is InChI=1S/C43H56N2O5S/c1-31(36-20-15-16-21-39(36)50-30-32-23-25-35(26-24-32)42(2,3)4)43-28-27-38(45-51(44,48)49)37(43)29-34(41(43)33-17-12-10-13-18-33)19-11-8-6-5-7-9-14-22-40(46)47/h10,12-13,15-18,20-21,23-26,37-38,45H,1,5-9,11,14,19,22,27-30H2,2-4H3,(H,46,47)(H2,44,48,49). The summed E-state index contributed by atoms with van der Waals surface area (Å²) in [4.78, 5) is 10.8. The Labute approximate surface area is 305 Å². The largest absolute Gasteiger partial charge is 0.488 e. The van der Waals surface area contributed by atoms with Crippen LogP contribution in [0.15, 0.2) is 91.0 Å². The van der Waals surface area contributed by atoms with E-state index in [1.165, 1.54) is 16.7 Å². The van der Waals surface area contributed by atoms with Crippen molar-refractivity contribution in [1.29, 1.82) is 0 Å². The van der Waals surface area contributed by atoms with Crippen molar-refractivity contribution in [1.82, 2.24) is 4.72 Å². The number of carboxylic acid groups (broad SMARTS) is 1. The van der Waals surface area contributed by atoms with E-state index in [2.05, 4.69) is 80.1 Å². The van der Waals surface area contributed by atoms with E-state index < -0.39 is 21.6 Å². The molecule has 0 spiro atoms. The summed E-state index contributed by atoms with van der Waals surface area (Å²) < 4.78 is 34.3. The number of benzene rings is 3. The van der Waals surface area contributed by atoms with Crippen LogP contribution < -0.4 is 14.6 Å². The van der Waals surface area contributed by atoms with Gasteiger partial charge in [-0.15, -0.1) is 0 Å². The summed E-state index contributed by atoms with van der Waals surface area (Å²) >= 11 is 0. The molecule has 0 saturated heterocycles. The Hall–Kier alpha value is -3.72. The number of allylic oxidation sites excluding steroid dienone is 3. The molecule has 7 nitrogen and oxygen atoms in total. The molecule has 51 heavy (non-hydrogen) atoms. The highest BCUT2D eigenvalue weighted by Gasteiger charge is 2.57. The van der Waals surface area contributed by atoms with Gasteiger partial charge in [-0.25, -0.2) is 5.14 Å². The topological polar surface area (TPSA) is 119 Å². The minimum absolute atomic E-state index is 0.0410. The number of hydrogen-bond donors (Lipinski definition) is 3. The number of ether oxygens (including phenoxy) is 1. The molecule has 3 atom stereocenters. The van der Waals surface area contributed by atoms with Crippen LogP contribution in [0.5, 0.6) is 5.75 Å². The molecule has 1 fully saturated rings. The fraction of sp³-hybridized carbons (Fsp3) is 0.465. The van der Waals surface area contributed by atoms with Crippen molar-refractivity contribution >= 4 is 27.3 Å². The molecule has 0 aromatic heterocycles. The van der Waals surface area contributed by atoms with Gasteiger partial charge in [0.1, 0.15) is 12.4 Å². The molecule has 2 aliphatic rings. The van der Waals surface area contributed by atoms with Crippen molar-refractivity contribution in [2.75, 3.05) is 0 Å². The zero-order chi connectivity index (χ0) is 36.6. The fourth-order valence-electron chi connectivity index (χ4n) is 8.44. The zero-order valence-corrected chi connectivity index (χ0v) is 31.4. The predicted octanol–water partition coefficient (Wildman–Crippen LogP) is 9.59. The third-order valence-corrected chi connectivity index (χ3v) is 11.6. The van der Waals surface area contributed by atoms with Gasteiger partial charge in [0.25, 0.3) is 10.2 Å². The van der Waals surface area contributed by atoms with Crippen LogP contribution in [0.4, 0.5) is 0 Å². The van der Waals surface area contributed by atoms with E-state index in [0.29, 0.717) is 13.0 Å². The molecular formula is C43H56N2O5S. The second-order valence-electron chi connectivity index (χ2n) is 15.5. The second-order valence-corrected chi connectivity index (χ2v) is 16.8. The number of carboxylic acids is 1. The summed E-state index contributed by atoms with van der Waals surface area (Å²) in [7, 11) is -3.92. The number of para-hydroxylation sites is 1. The lowest BCUT2D eigenvalue weighted by Gasteiger charge is -2.38. The number of hydrogen-bond acceptors (Lipinski definition) is 4. The Morgan fingerprint density at radius 3 is 2.20 bits per heavy atom. The van der Waals surface area contributed by atoms with Gasteiger partial charge in [-0.1, -0.05) is 138 Å². The lowest BCUT2D eigenvalue weighted by Crippen LogP contribution is -2.43. The van der Waals surface area contributed by atoms with Gasteiger partial charge in [0.15, 0.2) is 0 Å². The van der Waals surface area contributed by atoms with Gasteiger partial charge in [0.2, 0.25) is 0 Å². The van der Waals surface area contributed by atoms with Gasteiger partial charge in [0, 0.05) is 23.4 Å². The molecule has 274 valence electrons. The Bertz CT molecular complexity index is 1790. The van der Waals surface area contributed by atoms with Crippen molar-refractivity contribution in [3.8, 4) is 5.75 Å². The molecule has 3 unspecified atom stereocenters. The first-order valence-electron chi connectivity index (χ1n) is 18.6. The van der Waals surface area contributed by atoms with Crippen molar-refractivity contribution in [3.05, 3.63) is 113 Å². The molecule has 0 radical (unpaired) electrons. The summed E-state index contributed by atoms with van der Waals surface area (Å²) in [6.07, 6.45) is 10.4. The Balaban J connectivity index is 1.43. The van der Waals surface area contributed by atoms with Crippen LogP contribution in [-0.4, -0.2) is 25.5 Å². The highest BCUT2D eigenvalue weighted by atomic mass is 32.2. The van der Waals surface area contributed by atoms with E-state index in [1.807, 2.05) is 24.3 Å². The molecule has 0 amide bonds. The molecule has 4 N–H and O–H groups in total. The molecule has 3 aromatic rings. The predicted molar refractivity (Wildman–Crippen MR) is 207 cm³/mol. The van der Waals surface area contributed by atoms with E-state index in [-0.39, 0.29) is 23.8 Å². The van der Waals surface area contributed by atoms with Crippen LogP contribution in [-0.2, 0) is 27.0 Å². The normalized spacial score (nSPS) is 20.4. The maximum Gasteiger partial charge on any atom is 0.303 e. The molecule has 8 heteroatoms. The number of aliphatic carboxylic acids is 1. The quantitative estimate of drug-likeness (QED) is 0.114. The molecule has 5 rings (SSSR count). The third kappa shape index (κ3) is 9.59. The van der Waals surface area contributed by atoms with Crippen LogP contribution >= 0.6 is 0 Å². The number of carbonyl (C=O) groups is 1. The number of nitrogens with two attached hydrogens (primary N) is 1. The van der Waals surface area contributed by atoms with E-state index in [1.54, 1.807) is 0 Å². The average molecular weight is 713 g/mol. The van der Waals surface area contributed by atoms with Gasteiger partial charge in [-0.3, -0.25) is 4.79 Å². The molecule has 1 saturated carbocycles. The minimum atomic E-state index is -3.92. The molecule has 0 heterocycles. The van der Waals surface area contributed by atoms with Crippen LogP contribution in [0.3, 0.4) is 0 Å². The maximum absolute atomic E-state index is 12.5. The zero-order valence-electron chi connectivity index (χ0n) is 30.6. The summed E-state index contributed by atoms with van der Waals surface area (Å²) in [5.74, 6) is 0.00191. The Morgan fingerprint density at radius 2 is 1.55 bits per heavy atom. The second kappa shape index (κ2) is 16.7. The van der Waals surface area contributed by atoms with E-state index in [9.17, 15) is 13.2 Å². The van der Waals surface area contributed by atoms with E-state index >= 15 is 0 Å². The number of nitrogens with one attached hydrogen (secondary N) is 1. The summed E-state index contributed by atoms with van der Waals surface area (Å²) in [6.45, 7) is 11.9.